The van der Waals surface area contributed by atoms with Crippen molar-refractivity contribution >= 4 is 23.3 Å². The van der Waals surface area contributed by atoms with Gasteiger partial charge in [0, 0.05) is 17.5 Å². The van der Waals surface area contributed by atoms with E-state index in [1.54, 1.807) is 24.3 Å². The highest BCUT2D eigenvalue weighted by molar-refractivity contribution is 6.30. The lowest BCUT2D eigenvalue weighted by atomic mass is 9.83. The Labute approximate surface area is 177 Å². The zero-order chi connectivity index (χ0) is 20.6. The number of benzene rings is 2. The Hall–Kier alpha value is -2.33. The molecule has 0 bridgehead atoms. The molecule has 3 rings (SSSR count). The summed E-state index contributed by atoms with van der Waals surface area (Å²) in [6.45, 7) is 2.13. The van der Waals surface area contributed by atoms with Crippen LogP contribution in [0.5, 0.6) is 5.75 Å². The lowest BCUT2D eigenvalue weighted by molar-refractivity contribution is -0.123. The molecule has 0 saturated heterocycles. The molecule has 4 nitrogen and oxygen atoms in total. The monoisotopic (exact) mass is 413 g/mol. The van der Waals surface area contributed by atoms with Crippen LogP contribution in [0, 0.1) is 12.8 Å². The van der Waals surface area contributed by atoms with Gasteiger partial charge in [0.2, 0.25) is 5.91 Å². The average Bonchev–Trinajstić information content (AvgIpc) is 2.71. The minimum Gasteiger partial charge on any atom is -0.486 e. The van der Waals surface area contributed by atoms with Gasteiger partial charge in [-0.05, 0) is 68.4 Å². The SMILES string of the molecule is Cc1ccc(CC(=O)NC2CCC(CC(=O)COc3ccc(Cl)cc3)CC2)cc1. The molecule has 5 heteroatoms. The third kappa shape index (κ3) is 7.21. The smallest absolute Gasteiger partial charge is 0.224 e. The molecule has 1 aliphatic rings. The molecule has 1 N–H and O–H groups in total. The number of ketones is 1. The fourth-order valence-corrected chi connectivity index (χ4v) is 3.88. The van der Waals surface area contributed by atoms with Crippen LogP contribution >= 0.6 is 11.6 Å². The van der Waals surface area contributed by atoms with Crippen LogP contribution in [0.2, 0.25) is 5.02 Å². The molecule has 0 aliphatic heterocycles. The number of hydrogen-bond acceptors (Lipinski definition) is 3. The second-order valence-corrected chi connectivity index (χ2v) is 8.37. The zero-order valence-corrected chi connectivity index (χ0v) is 17.6. The van der Waals surface area contributed by atoms with Gasteiger partial charge in [0.15, 0.2) is 5.78 Å². The minimum absolute atomic E-state index is 0.0738. The molecule has 1 aliphatic carbocycles. The van der Waals surface area contributed by atoms with Crippen LogP contribution in [0.15, 0.2) is 48.5 Å². The Morgan fingerprint density at radius 2 is 1.66 bits per heavy atom. The molecule has 154 valence electrons. The zero-order valence-electron chi connectivity index (χ0n) is 16.8. The number of carbonyl (C=O) groups is 2. The van der Waals surface area contributed by atoms with E-state index in [9.17, 15) is 9.59 Å². The van der Waals surface area contributed by atoms with Crippen LogP contribution in [0.25, 0.3) is 0 Å². The Kier molecular flexibility index (Phi) is 7.70. The van der Waals surface area contributed by atoms with Crippen molar-refractivity contribution in [3.8, 4) is 5.75 Å². The first-order valence-electron chi connectivity index (χ1n) is 10.2. The third-order valence-corrected chi connectivity index (χ3v) is 5.68. The van der Waals surface area contributed by atoms with Crippen molar-refractivity contribution in [3.05, 3.63) is 64.7 Å². The van der Waals surface area contributed by atoms with Crippen LogP contribution in [0.4, 0.5) is 0 Å². The predicted molar refractivity (Wildman–Crippen MR) is 115 cm³/mol. The molecule has 1 amide bonds. The first-order valence-corrected chi connectivity index (χ1v) is 10.6. The van der Waals surface area contributed by atoms with Crippen molar-refractivity contribution in [3.63, 3.8) is 0 Å². The van der Waals surface area contributed by atoms with Gasteiger partial charge in [-0.1, -0.05) is 41.4 Å². The largest absolute Gasteiger partial charge is 0.486 e. The molecule has 0 radical (unpaired) electrons. The molecule has 29 heavy (non-hydrogen) atoms. The second kappa shape index (κ2) is 10.4. The molecule has 1 saturated carbocycles. The summed E-state index contributed by atoms with van der Waals surface area (Å²) in [5.74, 6) is 1.22. The van der Waals surface area contributed by atoms with Gasteiger partial charge >= 0.3 is 0 Å². The van der Waals surface area contributed by atoms with Gasteiger partial charge in [-0.25, -0.2) is 0 Å². The number of ether oxygens (including phenoxy) is 1. The van der Waals surface area contributed by atoms with Crippen LogP contribution in [0.1, 0.15) is 43.2 Å². The molecule has 0 unspecified atom stereocenters. The topological polar surface area (TPSA) is 55.4 Å². The number of amides is 1. The molecule has 2 aromatic rings. The van der Waals surface area contributed by atoms with Crippen molar-refractivity contribution in [2.24, 2.45) is 5.92 Å². The molecule has 0 heterocycles. The average molecular weight is 414 g/mol. The Bertz CT molecular complexity index is 809. The van der Waals surface area contributed by atoms with E-state index in [4.69, 9.17) is 16.3 Å². The highest BCUT2D eigenvalue weighted by Crippen LogP contribution is 2.27. The van der Waals surface area contributed by atoms with Gasteiger partial charge in [0.25, 0.3) is 0 Å². The summed E-state index contributed by atoms with van der Waals surface area (Å²) in [5.41, 5.74) is 2.23. The molecule has 0 aromatic heterocycles. The second-order valence-electron chi connectivity index (χ2n) is 7.93. The van der Waals surface area contributed by atoms with Crippen molar-refractivity contribution < 1.29 is 14.3 Å². The number of rotatable bonds is 8. The number of hydrogen-bond donors (Lipinski definition) is 1. The van der Waals surface area contributed by atoms with Gasteiger partial charge in [0.05, 0.1) is 6.42 Å². The Morgan fingerprint density at radius 3 is 2.31 bits per heavy atom. The predicted octanol–water partition coefficient (Wildman–Crippen LogP) is 4.90. The highest BCUT2D eigenvalue weighted by atomic mass is 35.5. The summed E-state index contributed by atoms with van der Waals surface area (Å²) in [7, 11) is 0. The van der Waals surface area contributed by atoms with Gasteiger partial charge < -0.3 is 10.1 Å². The van der Waals surface area contributed by atoms with E-state index < -0.39 is 0 Å². The molecular formula is C24H28ClNO3. The first-order chi connectivity index (χ1) is 14.0. The summed E-state index contributed by atoms with van der Waals surface area (Å²) < 4.78 is 5.54. The maximum Gasteiger partial charge on any atom is 0.224 e. The number of halogens is 1. The molecule has 1 fully saturated rings. The summed E-state index contributed by atoms with van der Waals surface area (Å²) in [4.78, 5) is 24.5. The van der Waals surface area contributed by atoms with E-state index in [1.807, 2.05) is 31.2 Å². The van der Waals surface area contributed by atoms with E-state index in [1.165, 1.54) is 5.56 Å². The van der Waals surface area contributed by atoms with Crippen LogP contribution < -0.4 is 10.1 Å². The van der Waals surface area contributed by atoms with Crippen LogP contribution in [-0.2, 0) is 16.0 Å². The minimum atomic E-state index is 0.0738. The maximum absolute atomic E-state index is 12.3. The van der Waals surface area contributed by atoms with Gasteiger partial charge in [0.1, 0.15) is 12.4 Å². The van der Waals surface area contributed by atoms with Gasteiger partial charge in [-0.2, -0.15) is 0 Å². The summed E-state index contributed by atoms with van der Waals surface area (Å²) in [6.07, 6.45) is 4.73. The van der Waals surface area contributed by atoms with Gasteiger partial charge in [-0.3, -0.25) is 9.59 Å². The lowest BCUT2D eigenvalue weighted by Gasteiger charge is -2.28. The van der Waals surface area contributed by atoms with Crippen molar-refractivity contribution in [2.75, 3.05) is 6.61 Å². The van der Waals surface area contributed by atoms with Crippen LogP contribution in [0.3, 0.4) is 0 Å². The van der Waals surface area contributed by atoms with E-state index in [0.29, 0.717) is 29.5 Å². The van der Waals surface area contributed by atoms with Crippen molar-refractivity contribution in [1.82, 2.24) is 5.32 Å². The quantitative estimate of drug-likeness (QED) is 0.669. The molecule has 0 atom stereocenters. The highest BCUT2D eigenvalue weighted by Gasteiger charge is 2.24. The number of carbonyl (C=O) groups excluding carboxylic acids is 2. The normalized spacial score (nSPS) is 18.8. The third-order valence-electron chi connectivity index (χ3n) is 5.43. The summed E-state index contributed by atoms with van der Waals surface area (Å²) in [5, 5.41) is 3.79. The Balaban J connectivity index is 1.34. The number of nitrogens with one attached hydrogen (secondary N) is 1. The summed E-state index contributed by atoms with van der Waals surface area (Å²) in [6, 6.07) is 15.3. The summed E-state index contributed by atoms with van der Waals surface area (Å²) >= 11 is 5.84. The molecule has 0 spiro atoms. The Morgan fingerprint density at radius 1 is 1.00 bits per heavy atom. The molecular weight excluding hydrogens is 386 g/mol. The van der Waals surface area contributed by atoms with Crippen LogP contribution in [-0.4, -0.2) is 24.3 Å². The first kappa shape index (κ1) is 21.4. The van der Waals surface area contributed by atoms with E-state index in [2.05, 4.69) is 5.32 Å². The number of aryl methyl sites for hydroxylation is 1. The van der Waals surface area contributed by atoms with E-state index in [-0.39, 0.29) is 24.3 Å². The van der Waals surface area contributed by atoms with E-state index >= 15 is 0 Å². The number of Topliss-reactive ketones (excluding diaryl/α,β-unsaturated/α-hetero) is 1. The van der Waals surface area contributed by atoms with E-state index in [0.717, 1.165) is 31.2 Å². The maximum atomic E-state index is 12.3. The lowest BCUT2D eigenvalue weighted by Crippen LogP contribution is -2.38. The van der Waals surface area contributed by atoms with Gasteiger partial charge in [-0.15, -0.1) is 0 Å². The fraction of sp³-hybridized carbons (Fsp3) is 0.417. The fourth-order valence-electron chi connectivity index (χ4n) is 3.76. The molecule has 2 aromatic carbocycles. The van der Waals surface area contributed by atoms with Crippen molar-refractivity contribution in [2.45, 2.75) is 51.5 Å². The van der Waals surface area contributed by atoms with Crippen molar-refractivity contribution in [1.29, 1.82) is 0 Å². The standard InChI is InChI=1S/C24H28ClNO3/c1-17-2-4-19(5-3-17)15-24(28)26-21-10-6-18(7-11-21)14-22(27)16-29-23-12-8-20(25)9-13-23/h2-5,8-9,12-13,18,21H,6-7,10-11,14-16H2,1H3,(H,26,28).